The van der Waals surface area contributed by atoms with Gasteiger partial charge in [-0.25, -0.2) is 0 Å². The van der Waals surface area contributed by atoms with E-state index in [4.69, 9.17) is 10.1 Å². The Bertz CT molecular complexity index is 131. The molecule has 0 aliphatic rings. The smallest absolute Gasteiger partial charge is 0.0267 e. The number of hydrogen-bond donors (Lipinski definition) is 1. The number of pyridine rings is 1. The van der Waals surface area contributed by atoms with Crippen LogP contribution in [0.2, 0.25) is 0 Å². The maximum atomic E-state index is 8.11. The SMILES string of the molecule is Br.Br.Br.O=NO.[NaH].c1ccncc1. The summed E-state index contributed by atoms with van der Waals surface area (Å²) < 4.78 is 0. The van der Waals surface area contributed by atoms with Crippen LogP contribution in [-0.2, 0) is 0 Å². The topological polar surface area (TPSA) is 62.5 Å². The molecule has 1 heterocycles. The fourth-order valence-electron chi connectivity index (χ4n) is 0.313. The molecule has 8 heteroatoms. The molecule has 0 spiro atoms. The largest absolute Gasteiger partial charge is 0.265 e. The molecule has 0 aliphatic heterocycles. The number of nitrogens with zero attached hydrogens (tertiary/aromatic N) is 2. The molecule has 1 N–H and O–H groups in total. The first-order chi connectivity index (χ1) is 4.41. The Balaban J connectivity index is -0.0000000282. The monoisotopic (exact) mass is 390 g/mol. The molecule has 0 unspecified atom stereocenters. The Morgan fingerprint density at radius 3 is 1.38 bits per heavy atom. The van der Waals surface area contributed by atoms with Crippen molar-refractivity contribution in [2.75, 3.05) is 0 Å². The van der Waals surface area contributed by atoms with Crippen LogP contribution in [0.5, 0.6) is 0 Å². The molecule has 0 fully saturated rings. The average molecular weight is 393 g/mol. The van der Waals surface area contributed by atoms with Gasteiger partial charge in [-0.15, -0.1) is 55.9 Å². The van der Waals surface area contributed by atoms with Crippen molar-refractivity contribution >= 4 is 80.5 Å². The predicted octanol–water partition coefficient (Wildman–Crippen LogP) is 2.31. The minimum atomic E-state index is 0. The molecule has 74 valence electrons. The van der Waals surface area contributed by atoms with Gasteiger partial charge in [-0.1, -0.05) is 6.07 Å². The van der Waals surface area contributed by atoms with Crippen LogP contribution in [0.15, 0.2) is 35.9 Å². The molecule has 13 heavy (non-hydrogen) atoms. The second-order valence-electron chi connectivity index (χ2n) is 1.11. The van der Waals surface area contributed by atoms with Crippen LogP contribution in [0, 0.1) is 4.91 Å². The van der Waals surface area contributed by atoms with E-state index in [1.165, 1.54) is 5.34 Å². The summed E-state index contributed by atoms with van der Waals surface area (Å²) in [7, 11) is 0. The van der Waals surface area contributed by atoms with Crippen molar-refractivity contribution < 1.29 is 5.21 Å². The second kappa shape index (κ2) is 29.3. The van der Waals surface area contributed by atoms with Crippen molar-refractivity contribution in [2.45, 2.75) is 0 Å². The van der Waals surface area contributed by atoms with Gasteiger partial charge in [-0.3, -0.25) is 4.98 Å². The molecule has 0 bridgehead atoms. The maximum absolute atomic E-state index is 8.11. The van der Waals surface area contributed by atoms with Crippen molar-refractivity contribution in [1.82, 2.24) is 4.98 Å². The quantitative estimate of drug-likeness (QED) is 0.418. The number of rotatable bonds is 0. The van der Waals surface area contributed by atoms with E-state index in [9.17, 15) is 0 Å². The van der Waals surface area contributed by atoms with Crippen molar-refractivity contribution in [2.24, 2.45) is 5.34 Å². The molecule has 0 saturated carbocycles. The van der Waals surface area contributed by atoms with Crippen LogP contribution in [0.4, 0.5) is 0 Å². The fourth-order valence-corrected chi connectivity index (χ4v) is 0.313. The average Bonchev–Trinajstić information content (AvgIpc) is 1.93. The van der Waals surface area contributed by atoms with Crippen molar-refractivity contribution in [3.8, 4) is 0 Å². The second-order valence-corrected chi connectivity index (χ2v) is 1.11. The first-order valence-electron chi connectivity index (χ1n) is 2.23. The van der Waals surface area contributed by atoms with Crippen LogP contribution in [0.1, 0.15) is 0 Å². The summed E-state index contributed by atoms with van der Waals surface area (Å²) in [5.74, 6) is 0. The first kappa shape index (κ1) is 29.2. The standard InChI is InChI=1S/C5H5N.3BrH.HNO2.Na.H/c1-2-4-6-5-3-1;;;;2-1-3;;/h1-5H;3*1H;(H,2,3);;. The summed E-state index contributed by atoms with van der Waals surface area (Å²) in [5, 5.41) is 7.89. The Morgan fingerprint density at radius 1 is 1.00 bits per heavy atom. The van der Waals surface area contributed by atoms with E-state index in [2.05, 4.69) is 4.98 Å². The first-order valence-corrected chi connectivity index (χ1v) is 2.23. The third-order valence-electron chi connectivity index (χ3n) is 0.566. The summed E-state index contributed by atoms with van der Waals surface area (Å²) in [6.07, 6.45) is 3.50. The third-order valence-corrected chi connectivity index (χ3v) is 0.566. The van der Waals surface area contributed by atoms with Crippen molar-refractivity contribution in [3.05, 3.63) is 35.5 Å². The number of hydrogen-bond acceptors (Lipinski definition) is 3. The van der Waals surface area contributed by atoms with E-state index < -0.39 is 0 Å². The Morgan fingerprint density at radius 2 is 1.31 bits per heavy atom. The van der Waals surface area contributed by atoms with Gasteiger partial charge < -0.3 is 5.21 Å². The van der Waals surface area contributed by atoms with Crippen molar-refractivity contribution in [3.63, 3.8) is 0 Å². The Labute approximate surface area is 130 Å². The van der Waals surface area contributed by atoms with E-state index >= 15 is 0 Å². The van der Waals surface area contributed by atoms with E-state index in [0.29, 0.717) is 0 Å². The summed E-state index contributed by atoms with van der Waals surface area (Å²) in [6.45, 7) is 0. The molecule has 0 amide bonds. The van der Waals surface area contributed by atoms with Crippen LogP contribution in [0.25, 0.3) is 0 Å². The van der Waals surface area contributed by atoms with Gasteiger partial charge in [0.2, 0.25) is 0 Å². The summed E-state index contributed by atoms with van der Waals surface area (Å²) in [4.78, 5) is 11.9. The molecule has 1 aromatic rings. The Kier molecular flexibility index (Phi) is 65.7. The van der Waals surface area contributed by atoms with E-state index in [1.807, 2.05) is 18.2 Å². The summed E-state index contributed by atoms with van der Waals surface area (Å²) >= 11 is 0. The summed E-state index contributed by atoms with van der Waals surface area (Å²) in [5.41, 5.74) is 0. The molecule has 0 atom stereocenters. The van der Waals surface area contributed by atoms with E-state index in [1.54, 1.807) is 12.4 Å². The van der Waals surface area contributed by atoms with Crippen LogP contribution >= 0.6 is 50.9 Å². The molecule has 0 radical (unpaired) electrons. The van der Waals surface area contributed by atoms with Crippen molar-refractivity contribution in [1.29, 1.82) is 0 Å². The van der Waals surface area contributed by atoms with Crippen LogP contribution in [-0.4, -0.2) is 39.7 Å². The zero-order chi connectivity index (χ0) is 6.95. The minimum Gasteiger partial charge on any atom is -0.265 e. The van der Waals surface area contributed by atoms with Gasteiger partial charge >= 0.3 is 29.6 Å². The molecular formula is C5H10Br3N2NaO2. The fraction of sp³-hybridized carbons (Fsp3) is 0. The molecule has 0 saturated heterocycles. The molecule has 0 aliphatic carbocycles. The minimum absolute atomic E-state index is 0. The predicted molar refractivity (Wildman–Crippen MR) is 69.9 cm³/mol. The van der Waals surface area contributed by atoms with Gasteiger partial charge in [0.05, 0.1) is 0 Å². The maximum Gasteiger partial charge on any atom is 0.0267 e. The molecule has 1 rings (SSSR count). The summed E-state index contributed by atoms with van der Waals surface area (Å²) in [6, 6.07) is 5.72. The molecule has 4 nitrogen and oxygen atoms in total. The molecule has 1 aromatic heterocycles. The van der Waals surface area contributed by atoms with Gasteiger partial charge in [-0.05, 0) is 12.1 Å². The number of halogens is 3. The van der Waals surface area contributed by atoms with Crippen LogP contribution in [0.3, 0.4) is 0 Å². The van der Waals surface area contributed by atoms with Crippen LogP contribution < -0.4 is 0 Å². The van der Waals surface area contributed by atoms with Gasteiger partial charge in [0, 0.05) is 12.4 Å². The molecular weight excluding hydrogens is 383 g/mol. The van der Waals surface area contributed by atoms with Gasteiger partial charge in [-0.2, -0.15) is 0 Å². The zero-order valence-corrected chi connectivity index (χ0v) is 11.0. The number of aromatic nitrogens is 1. The normalized spacial score (nSPS) is 4.62. The Hall–Kier alpha value is 0.990. The molecule has 0 aromatic carbocycles. The van der Waals surface area contributed by atoms with Gasteiger partial charge in [0.15, 0.2) is 5.34 Å². The van der Waals surface area contributed by atoms with Gasteiger partial charge in [0.25, 0.3) is 0 Å². The third kappa shape index (κ3) is 32.1. The van der Waals surface area contributed by atoms with E-state index in [0.717, 1.165) is 0 Å². The van der Waals surface area contributed by atoms with E-state index in [-0.39, 0.29) is 80.5 Å². The van der Waals surface area contributed by atoms with Gasteiger partial charge in [0.1, 0.15) is 0 Å². The zero-order valence-electron chi connectivity index (χ0n) is 5.86.